The van der Waals surface area contributed by atoms with Crippen LogP contribution in [0.5, 0.6) is 0 Å². The summed E-state index contributed by atoms with van der Waals surface area (Å²) in [5.74, 6) is 0.256. The van der Waals surface area contributed by atoms with Gasteiger partial charge in [-0.1, -0.05) is 17.7 Å². The number of thiophene rings is 1. The van der Waals surface area contributed by atoms with Crippen LogP contribution in [-0.4, -0.2) is 41.6 Å². The average molecular weight is 408 g/mol. The van der Waals surface area contributed by atoms with E-state index in [-0.39, 0.29) is 11.8 Å². The predicted octanol–water partition coefficient (Wildman–Crippen LogP) is 4.39. The summed E-state index contributed by atoms with van der Waals surface area (Å²) in [6.45, 7) is 3.25. The quantitative estimate of drug-likeness (QED) is 0.735. The van der Waals surface area contributed by atoms with Crippen LogP contribution in [-0.2, 0) is 4.79 Å². The number of rotatable bonds is 4. The third-order valence-corrected chi connectivity index (χ3v) is 6.19. The van der Waals surface area contributed by atoms with Crippen molar-refractivity contribution in [1.29, 1.82) is 0 Å². The maximum absolute atomic E-state index is 11.9. The van der Waals surface area contributed by atoms with E-state index >= 15 is 0 Å². The minimum atomic E-state index is -1.03. The van der Waals surface area contributed by atoms with Gasteiger partial charge in [0.05, 0.1) is 15.7 Å². The average Bonchev–Trinajstić information content (AvgIpc) is 3.07. The third-order valence-electron chi connectivity index (χ3n) is 4.91. The number of likely N-dealkylation sites (tertiary alicyclic amines) is 1. The Hall–Kier alpha value is -2.25. The molecule has 0 bridgehead atoms. The van der Waals surface area contributed by atoms with Crippen LogP contribution in [0.3, 0.4) is 0 Å². The van der Waals surface area contributed by atoms with Crippen molar-refractivity contribution in [2.24, 2.45) is 5.92 Å². The molecule has 2 aromatic rings. The van der Waals surface area contributed by atoms with Gasteiger partial charge in [0.2, 0.25) is 5.91 Å². The summed E-state index contributed by atoms with van der Waals surface area (Å²) in [5, 5.41) is 9.77. The molecule has 0 unspecified atom stereocenters. The van der Waals surface area contributed by atoms with Gasteiger partial charge in [-0.25, -0.2) is 4.79 Å². The van der Waals surface area contributed by atoms with E-state index in [1.54, 1.807) is 24.0 Å². The molecule has 2 amide bonds. The molecular weight excluding hydrogens is 386 g/mol. The monoisotopic (exact) mass is 407 g/mol. The molecule has 1 aromatic heterocycles. The Labute approximate surface area is 167 Å². The standard InChI is InChI=1S/C19H22ClN3O3S/c1-12(24)22-8-6-13(7-9-22)11-23(19(25)26)16-10-14(2-3-15(16)21)17-4-5-18(20)27-17/h2-5,10,13H,6-9,11,21H2,1H3,(H,25,26). The van der Waals surface area contributed by atoms with Gasteiger partial charge in [0.1, 0.15) is 0 Å². The van der Waals surface area contributed by atoms with Gasteiger partial charge in [-0.2, -0.15) is 0 Å². The Balaban J connectivity index is 1.81. The molecule has 144 valence electrons. The van der Waals surface area contributed by atoms with Crippen LogP contribution in [0.25, 0.3) is 10.4 Å². The Morgan fingerprint density at radius 2 is 2.00 bits per heavy atom. The normalized spacial score (nSPS) is 15.0. The zero-order valence-electron chi connectivity index (χ0n) is 15.0. The highest BCUT2D eigenvalue weighted by Gasteiger charge is 2.26. The Morgan fingerprint density at radius 1 is 1.30 bits per heavy atom. The second-order valence-corrected chi connectivity index (χ2v) is 8.44. The smallest absolute Gasteiger partial charge is 0.411 e. The molecule has 1 aliphatic rings. The molecule has 27 heavy (non-hydrogen) atoms. The molecule has 1 saturated heterocycles. The molecular formula is C19H22ClN3O3S. The number of hydrogen-bond acceptors (Lipinski definition) is 4. The van der Waals surface area contributed by atoms with Crippen LogP contribution >= 0.6 is 22.9 Å². The van der Waals surface area contributed by atoms with Gasteiger partial charge in [0.15, 0.2) is 0 Å². The number of anilines is 2. The largest absolute Gasteiger partial charge is 0.465 e. The maximum Gasteiger partial charge on any atom is 0.411 e. The first kappa shape index (κ1) is 19.5. The summed E-state index contributed by atoms with van der Waals surface area (Å²) < 4.78 is 0.677. The Kier molecular flexibility index (Phi) is 5.92. The van der Waals surface area contributed by atoms with Crippen molar-refractivity contribution in [2.45, 2.75) is 19.8 Å². The van der Waals surface area contributed by atoms with E-state index in [9.17, 15) is 14.7 Å². The number of piperidine rings is 1. The van der Waals surface area contributed by atoms with Crippen molar-refractivity contribution < 1.29 is 14.7 Å². The van der Waals surface area contributed by atoms with Gasteiger partial charge in [0, 0.05) is 31.4 Å². The number of carbonyl (C=O) groups is 2. The van der Waals surface area contributed by atoms with Crippen molar-refractivity contribution in [3.63, 3.8) is 0 Å². The number of nitrogens with two attached hydrogens (primary N) is 1. The van der Waals surface area contributed by atoms with Crippen LogP contribution in [0, 0.1) is 5.92 Å². The van der Waals surface area contributed by atoms with Gasteiger partial charge in [-0.15, -0.1) is 11.3 Å². The summed E-state index contributed by atoms with van der Waals surface area (Å²) in [6, 6.07) is 9.12. The van der Waals surface area contributed by atoms with E-state index in [0.717, 1.165) is 23.3 Å². The summed E-state index contributed by atoms with van der Waals surface area (Å²) in [4.78, 5) is 27.5. The van der Waals surface area contributed by atoms with E-state index in [1.807, 2.05) is 18.2 Å². The molecule has 1 fully saturated rings. The zero-order valence-corrected chi connectivity index (χ0v) is 16.6. The van der Waals surface area contributed by atoms with E-state index in [0.29, 0.717) is 35.3 Å². The number of amides is 2. The van der Waals surface area contributed by atoms with Gasteiger partial charge >= 0.3 is 6.09 Å². The number of carboxylic acid groups (broad SMARTS) is 1. The molecule has 3 rings (SSSR count). The summed E-state index contributed by atoms with van der Waals surface area (Å²) in [7, 11) is 0. The highest BCUT2D eigenvalue weighted by molar-refractivity contribution is 7.19. The summed E-state index contributed by atoms with van der Waals surface area (Å²) >= 11 is 7.45. The minimum Gasteiger partial charge on any atom is -0.465 e. The second-order valence-electron chi connectivity index (χ2n) is 6.72. The summed E-state index contributed by atoms with van der Waals surface area (Å²) in [6.07, 6.45) is 0.532. The molecule has 3 N–H and O–H groups in total. The SMILES string of the molecule is CC(=O)N1CCC(CN(C(=O)O)c2cc(-c3ccc(Cl)s3)ccc2N)CC1. The number of nitrogens with zero attached hydrogens (tertiary/aromatic N) is 2. The van der Waals surface area contributed by atoms with Crippen LogP contribution in [0.2, 0.25) is 4.34 Å². The third kappa shape index (κ3) is 4.54. The van der Waals surface area contributed by atoms with Crippen LogP contribution in [0.4, 0.5) is 16.2 Å². The van der Waals surface area contributed by atoms with Gasteiger partial charge in [-0.3, -0.25) is 9.69 Å². The molecule has 0 radical (unpaired) electrons. The fraction of sp³-hybridized carbons (Fsp3) is 0.368. The lowest BCUT2D eigenvalue weighted by molar-refractivity contribution is -0.130. The van der Waals surface area contributed by atoms with Crippen molar-refractivity contribution in [3.8, 4) is 10.4 Å². The first-order valence-corrected chi connectivity index (χ1v) is 9.96. The lowest BCUT2D eigenvalue weighted by Gasteiger charge is -2.34. The fourth-order valence-electron chi connectivity index (χ4n) is 3.37. The number of benzene rings is 1. The van der Waals surface area contributed by atoms with Crippen molar-refractivity contribution in [1.82, 2.24) is 4.90 Å². The lowest BCUT2D eigenvalue weighted by Crippen LogP contribution is -2.42. The predicted molar refractivity (Wildman–Crippen MR) is 110 cm³/mol. The van der Waals surface area contributed by atoms with E-state index in [2.05, 4.69) is 0 Å². The number of carbonyl (C=O) groups excluding carboxylic acids is 1. The zero-order chi connectivity index (χ0) is 19.6. The maximum atomic E-state index is 11.9. The Bertz CT molecular complexity index is 846. The number of halogens is 1. The molecule has 0 saturated carbocycles. The van der Waals surface area contributed by atoms with Gasteiger partial charge in [-0.05, 0) is 48.6 Å². The highest BCUT2D eigenvalue weighted by atomic mass is 35.5. The first-order chi connectivity index (χ1) is 12.8. The van der Waals surface area contributed by atoms with Crippen LogP contribution in [0.1, 0.15) is 19.8 Å². The van der Waals surface area contributed by atoms with E-state index in [1.165, 1.54) is 16.2 Å². The topological polar surface area (TPSA) is 86.9 Å². The molecule has 0 atom stereocenters. The fourth-order valence-corrected chi connectivity index (χ4v) is 4.41. The molecule has 1 aliphatic heterocycles. The molecule has 0 aliphatic carbocycles. The second kappa shape index (κ2) is 8.19. The molecule has 1 aromatic carbocycles. The van der Waals surface area contributed by atoms with Crippen molar-refractivity contribution in [3.05, 3.63) is 34.7 Å². The van der Waals surface area contributed by atoms with Crippen LogP contribution < -0.4 is 10.6 Å². The summed E-state index contributed by atoms with van der Waals surface area (Å²) in [5.41, 5.74) is 7.89. The lowest BCUT2D eigenvalue weighted by atomic mass is 9.96. The van der Waals surface area contributed by atoms with Gasteiger partial charge in [0.25, 0.3) is 0 Å². The highest BCUT2D eigenvalue weighted by Crippen LogP contribution is 2.36. The van der Waals surface area contributed by atoms with Crippen molar-refractivity contribution in [2.75, 3.05) is 30.3 Å². The molecule has 6 nitrogen and oxygen atoms in total. The first-order valence-electron chi connectivity index (χ1n) is 8.76. The van der Waals surface area contributed by atoms with E-state index in [4.69, 9.17) is 17.3 Å². The molecule has 8 heteroatoms. The minimum absolute atomic E-state index is 0.0649. The number of hydrogen-bond donors (Lipinski definition) is 2. The molecule has 2 heterocycles. The Morgan fingerprint density at radius 3 is 2.56 bits per heavy atom. The number of nitrogen functional groups attached to an aromatic ring is 1. The van der Waals surface area contributed by atoms with Gasteiger partial charge < -0.3 is 15.7 Å². The van der Waals surface area contributed by atoms with Crippen LogP contribution in [0.15, 0.2) is 30.3 Å². The molecule has 0 spiro atoms. The van der Waals surface area contributed by atoms with Crippen molar-refractivity contribution >= 4 is 46.3 Å². The van der Waals surface area contributed by atoms with E-state index < -0.39 is 6.09 Å².